The van der Waals surface area contributed by atoms with Crippen LogP contribution in [0.5, 0.6) is 5.75 Å². The number of hydrogen-bond donors (Lipinski definition) is 1. The summed E-state index contributed by atoms with van der Waals surface area (Å²) in [7, 11) is 0. The van der Waals surface area contributed by atoms with E-state index in [4.69, 9.17) is 0 Å². The lowest BCUT2D eigenvalue weighted by atomic mass is 9.60. The molecule has 120 valence electrons. The minimum Gasteiger partial charge on any atom is -0.508 e. The van der Waals surface area contributed by atoms with Crippen molar-refractivity contribution < 1.29 is 5.11 Å². The molecule has 2 aliphatic rings. The molecule has 22 heavy (non-hydrogen) atoms. The molecular weight excluding hydrogens is 270 g/mol. The third-order valence-electron chi connectivity index (χ3n) is 5.77. The van der Waals surface area contributed by atoms with Crippen molar-refractivity contribution in [1.29, 1.82) is 0 Å². The SMILES string of the molecule is CC(C)=CCN1CCCC2C1Cc1ccc(O)cc1C2(C)C. The summed E-state index contributed by atoms with van der Waals surface area (Å²) in [6, 6.07) is 6.62. The second kappa shape index (κ2) is 5.73. The Hall–Kier alpha value is -1.28. The molecule has 1 aromatic carbocycles. The molecule has 1 fully saturated rings. The molecule has 3 rings (SSSR count). The van der Waals surface area contributed by atoms with E-state index in [-0.39, 0.29) is 5.41 Å². The Bertz CT molecular complexity index is 583. The van der Waals surface area contributed by atoms with E-state index >= 15 is 0 Å². The Labute approximate surface area is 134 Å². The van der Waals surface area contributed by atoms with Gasteiger partial charge in [0.25, 0.3) is 0 Å². The highest BCUT2D eigenvalue weighted by atomic mass is 16.3. The number of benzene rings is 1. The van der Waals surface area contributed by atoms with Gasteiger partial charge in [-0.15, -0.1) is 0 Å². The van der Waals surface area contributed by atoms with Crippen molar-refractivity contribution in [2.45, 2.75) is 58.4 Å². The van der Waals surface area contributed by atoms with E-state index in [2.05, 4.69) is 44.7 Å². The number of fused-ring (bicyclic) bond motifs is 2. The van der Waals surface area contributed by atoms with E-state index in [0.29, 0.717) is 17.7 Å². The minimum absolute atomic E-state index is 0.140. The second-order valence-electron chi connectivity index (χ2n) is 7.86. The molecule has 1 aromatic rings. The lowest BCUT2D eigenvalue weighted by molar-refractivity contribution is 0.0526. The van der Waals surface area contributed by atoms with Gasteiger partial charge in [-0.3, -0.25) is 4.90 Å². The van der Waals surface area contributed by atoms with Gasteiger partial charge in [-0.2, -0.15) is 0 Å². The van der Waals surface area contributed by atoms with Gasteiger partial charge in [-0.1, -0.05) is 31.6 Å². The van der Waals surface area contributed by atoms with Gasteiger partial charge >= 0.3 is 0 Å². The average Bonchev–Trinajstić information content (AvgIpc) is 2.46. The average molecular weight is 299 g/mol. The van der Waals surface area contributed by atoms with Crippen molar-refractivity contribution in [3.05, 3.63) is 41.0 Å². The fraction of sp³-hybridized carbons (Fsp3) is 0.600. The van der Waals surface area contributed by atoms with Crippen LogP contribution in [0.25, 0.3) is 0 Å². The van der Waals surface area contributed by atoms with Crippen LogP contribution in [-0.4, -0.2) is 29.1 Å². The van der Waals surface area contributed by atoms with Crippen molar-refractivity contribution in [3.63, 3.8) is 0 Å². The van der Waals surface area contributed by atoms with Crippen LogP contribution in [-0.2, 0) is 11.8 Å². The Morgan fingerprint density at radius 3 is 2.86 bits per heavy atom. The zero-order valence-electron chi connectivity index (χ0n) is 14.4. The lowest BCUT2D eigenvalue weighted by Crippen LogP contribution is -2.55. The number of piperidine rings is 1. The van der Waals surface area contributed by atoms with Crippen molar-refractivity contribution >= 4 is 0 Å². The number of phenolic OH excluding ortho intramolecular Hbond substituents is 1. The molecular formula is C20H29NO. The second-order valence-corrected chi connectivity index (χ2v) is 7.86. The molecule has 2 atom stereocenters. The largest absolute Gasteiger partial charge is 0.508 e. The van der Waals surface area contributed by atoms with Gasteiger partial charge in [0.2, 0.25) is 0 Å². The molecule has 0 bridgehead atoms. The first kappa shape index (κ1) is 15.6. The van der Waals surface area contributed by atoms with E-state index in [9.17, 15) is 5.11 Å². The topological polar surface area (TPSA) is 23.5 Å². The number of phenols is 1. The van der Waals surface area contributed by atoms with E-state index < -0.39 is 0 Å². The number of likely N-dealkylation sites (tertiary alicyclic amines) is 1. The first-order valence-corrected chi connectivity index (χ1v) is 8.59. The summed E-state index contributed by atoms with van der Waals surface area (Å²) < 4.78 is 0. The van der Waals surface area contributed by atoms with Gasteiger partial charge in [-0.25, -0.2) is 0 Å². The van der Waals surface area contributed by atoms with E-state index in [1.54, 1.807) is 0 Å². The highest BCUT2D eigenvalue weighted by Crippen LogP contribution is 2.47. The van der Waals surface area contributed by atoms with Gasteiger partial charge in [0, 0.05) is 12.6 Å². The summed E-state index contributed by atoms with van der Waals surface area (Å²) in [5.74, 6) is 1.09. The van der Waals surface area contributed by atoms with Gasteiger partial charge in [0.05, 0.1) is 0 Å². The summed E-state index contributed by atoms with van der Waals surface area (Å²) in [6.07, 6.45) is 6.08. The zero-order chi connectivity index (χ0) is 15.9. The fourth-order valence-electron chi connectivity index (χ4n) is 4.53. The number of allylic oxidation sites excluding steroid dienone is 1. The summed E-state index contributed by atoms with van der Waals surface area (Å²) in [6.45, 7) is 11.4. The van der Waals surface area contributed by atoms with Gasteiger partial charge in [0.15, 0.2) is 0 Å². The highest BCUT2D eigenvalue weighted by molar-refractivity contribution is 5.43. The van der Waals surface area contributed by atoms with Crippen molar-refractivity contribution in [3.8, 4) is 5.75 Å². The Kier molecular flexibility index (Phi) is 4.07. The van der Waals surface area contributed by atoms with Crippen LogP contribution in [0.2, 0.25) is 0 Å². The normalized spacial score (nSPS) is 26.9. The quantitative estimate of drug-likeness (QED) is 0.824. The number of hydrogen-bond acceptors (Lipinski definition) is 2. The molecule has 1 aliphatic carbocycles. The Morgan fingerprint density at radius 1 is 1.36 bits per heavy atom. The van der Waals surface area contributed by atoms with Crippen molar-refractivity contribution in [2.24, 2.45) is 5.92 Å². The number of nitrogens with zero attached hydrogens (tertiary/aromatic N) is 1. The van der Waals surface area contributed by atoms with Crippen LogP contribution in [0, 0.1) is 5.92 Å². The molecule has 1 N–H and O–H groups in total. The summed E-state index contributed by atoms with van der Waals surface area (Å²) in [5.41, 5.74) is 4.33. The molecule has 1 aliphatic heterocycles. The van der Waals surface area contributed by atoms with Crippen LogP contribution in [0.1, 0.15) is 51.7 Å². The molecule has 1 saturated heterocycles. The highest BCUT2D eigenvalue weighted by Gasteiger charge is 2.45. The summed E-state index contributed by atoms with van der Waals surface area (Å²) >= 11 is 0. The minimum atomic E-state index is 0.140. The molecule has 0 spiro atoms. The Morgan fingerprint density at radius 2 is 2.14 bits per heavy atom. The van der Waals surface area contributed by atoms with Crippen LogP contribution < -0.4 is 0 Å². The standard InChI is InChI=1S/C20H29NO/c1-14(2)9-11-21-10-5-6-17-19(21)12-15-7-8-16(22)13-18(15)20(17,3)4/h7-9,13,17,19,22H,5-6,10-12H2,1-4H3. The lowest BCUT2D eigenvalue weighted by Gasteiger charge is -2.52. The predicted octanol–water partition coefficient (Wildman–Crippen LogP) is 4.27. The molecule has 2 heteroatoms. The maximum Gasteiger partial charge on any atom is 0.115 e. The van der Waals surface area contributed by atoms with Crippen LogP contribution >= 0.6 is 0 Å². The van der Waals surface area contributed by atoms with Crippen LogP contribution in [0.4, 0.5) is 0 Å². The molecule has 1 heterocycles. The smallest absolute Gasteiger partial charge is 0.115 e. The van der Waals surface area contributed by atoms with E-state index in [1.807, 2.05) is 12.1 Å². The third kappa shape index (κ3) is 2.69. The number of aromatic hydroxyl groups is 1. The number of rotatable bonds is 2. The molecule has 0 radical (unpaired) electrons. The first-order chi connectivity index (χ1) is 10.4. The van der Waals surface area contributed by atoms with Crippen molar-refractivity contribution in [2.75, 3.05) is 13.1 Å². The van der Waals surface area contributed by atoms with Crippen LogP contribution in [0.3, 0.4) is 0 Å². The summed E-state index contributed by atoms with van der Waals surface area (Å²) in [4.78, 5) is 2.68. The van der Waals surface area contributed by atoms with Crippen molar-refractivity contribution in [1.82, 2.24) is 4.90 Å². The Balaban J connectivity index is 1.95. The molecule has 2 unspecified atom stereocenters. The fourth-order valence-corrected chi connectivity index (χ4v) is 4.53. The third-order valence-corrected chi connectivity index (χ3v) is 5.77. The first-order valence-electron chi connectivity index (χ1n) is 8.59. The van der Waals surface area contributed by atoms with E-state index in [0.717, 1.165) is 13.0 Å². The molecule has 0 aromatic heterocycles. The van der Waals surface area contributed by atoms with Gasteiger partial charge in [-0.05, 0) is 74.2 Å². The summed E-state index contributed by atoms with van der Waals surface area (Å²) in [5, 5.41) is 9.90. The van der Waals surface area contributed by atoms with Crippen LogP contribution in [0.15, 0.2) is 29.8 Å². The predicted molar refractivity (Wildman–Crippen MR) is 92.4 cm³/mol. The van der Waals surface area contributed by atoms with Gasteiger partial charge in [0.1, 0.15) is 5.75 Å². The molecule has 0 saturated carbocycles. The molecule has 0 amide bonds. The monoisotopic (exact) mass is 299 g/mol. The zero-order valence-corrected chi connectivity index (χ0v) is 14.4. The maximum atomic E-state index is 9.90. The molecule has 2 nitrogen and oxygen atoms in total. The van der Waals surface area contributed by atoms with Gasteiger partial charge < -0.3 is 5.11 Å². The van der Waals surface area contributed by atoms with E-state index in [1.165, 1.54) is 36.1 Å². The maximum absolute atomic E-state index is 9.90.